The lowest BCUT2D eigenvalue weighted by atomic mass is 10.2. The van der Waals surface area contributed by atoms with E-state index < -0.39 is 9.84 Å². The number of anilines is 1. The fourth-order valence-corrected chi connectivity index (χ4v) is 5.47. The molecule has 0 aliphatic carbocycles. The zero-order valence-corrected chi connectivity index (χ0v) is 19.0. The van der Waals surface area contributed by atoms with Crippen LogP contribution < -0.4 is 10.6 Å². The van der Waals surface area contributed by atoms with Crippen molar-refractivity contribution in [3.63, 3.8) is 0 Å². The Bertz CT molecular complexity index is 1040. The maximum absolute atomic E-state index is 12.7. The minimum atomic E-state index is -3.65. The zero-order chi connectivity index (χ0) is 21.0. The molecule has 154 valence electrons. The molecule has 3 rings (SSSR count). The summed E-state index contributed by atoms with van der Waals surface area (Å²) in [7, 11) is -3.65. The monoisotopic (exact) mass is 496 g/mol. The fraction of sp³-hybridized carbons (Fsp3) is 0.300. The van der Waals surface area contributed by atoms with Crippen LogP contribution in [-0.2, 0) is 26.0 Å². The first-order valence-corrected chi connectivity index (χ1v) is 12.5. The maximum Gasteiger partial charge on any atom is 0.228 e. The molecule has 0 spiro atoms. The van der Waals surface area contributed by atoms with E-state index in [1.54, 1.807) is 6.07 Å². The van der Waals surface area contributed by atoms with Gasteiger partial charge < -0.3 is 10.6 Å². The lowest BCUT2D eigenvalue weighted by Crippen LogP contribution is -2.25. The second kappa shape index (κ2) is 9.32. The molecule has 0 saturated heterocycles. The molecule has 1 atom stereocenters. The highest BCUT2D eigenvalue weighted by atomic mass is 79.9. The number of benzene rings is 2. The van der Waals surface area contributed by atoms with E-state index >= 15 is 0 Å². The van der Waals surface area contributed by atoms with Gasteiger partial charge in [0.15, 0.2) is 9.84 Å². The molecule has 0 unspecified atom stereocenters. The molecule has 2 aromatic rings. The Hall–Kier alpha value is -1.84. The number of nitrogens with one attached hydrogen (secondary N) is 2. The molecule has 0 radical (unpaired) electrons. The van der Waals surface area contributed by atoms with Crippen LogP contribution in [0.3, 0.4) is 0 Å². The molecule has 2 aromatic carbocycles. The number of halogens is 1. The molecular weight excluding hydrogens is 476 g/mol. The third-order valence-corrected chi connectivity index (χ3v) is 8.02. The van der Waals surface area contributed by atoms with Crippen LogP contribution in [-0.4, -0.2) is 31.7 Å². The van der Waals surface area contributed by atoms with Gasteiger partial charge in [-0.2, -0.15) is 0 Å². The molecule has 1 heterocycles. The quantitative estimate of drug-likeness (QED) is 0.636. The molecule has 1 aliphatic rings. The predicted molar refractivity (Wildman–Crippen MR) is 118 cm³/mol. The Balaban J connectivity index is 1.61. The van der Waals surface area contributed by atoms with E-state index in [1.165, 1.54) is 23.9 Å². The number of hydrogen-bond donors (Lipinski definition) is 2. The van der Waals surface area contributed by atoms with Crippen molar-refractivity contribution in [2.24, 2.45) is 5.92 Å². The van der Waals surface area contributed by atoms with E-state index in [1.807, 2.05) is 31.2 Å². The Morgan fingerprint density at radius 2 is 2.07 bits per heavy atom. The minimum Gasteiger partial charge on any atom is -0.352 e. The van der Waals surface area contributed by atoms with Gasteiger partial charge in [-0.05, 0) is 35.9 Å². The Morgan fingerprint density at radius 3 is 2.83 bits per heavy atom. The van der Waals surface area contributed by atoms with Gasteiger partial charge in [0.1, 0.15) is 0 Å². The summed E-state index contributed by atoms with van der Waals surface area (Å²) in [6, 6.07) is 12.2. The topological polar surface area (TPSA) is 92.3 Å². The van der Waals surface area contributed by atoms with Crippen molar-refractivity contribution in [1.82, 2.24) is 5.32 Å². The Morgan fingerprint density at radius 1 is 1.28 bits per heavy atom. The molecule has 0 aromatic heterocycles. The number of fused-ring (bicyclic) bond motifs is 1. The molecule has 6 nitrogen and oxygen atoms in total. The van der Waals surface area contributed by atoms with Gasteiger partial charge in [0, 0.05) is 34.0 Å². The Kier molecular flexibility index (Phi) is 7.02. The number of thioether (sulfide) groups is 1. The lowest BCUT2D eigenvalue weighted by Gasteiger charge is -2.10. The van der Waals surface area contributed by atoms with Crippen LogP contribution in [0.15, 0.2) is 56.7 Å². The summed E-state index contributed by atoms with van der Waals surface area (Å²) in [5, 5.41) is 5.52. The average molecular weight is 497 g/mol. The summed E-state index contributed by atoms with van der Waals surface area (Å²) >= 11 is 4.89. The number of sulfone groups is 1. The standard InChI is InChI=1S/C20H21BrN2O4S2/c1-13-12-28-18-6-5-16(10-17(18)23-20(13)25)29(26,27)8-7-19(24)22-11-14-3-2-4-15(21)9-14/h2-6,9-10,13H,7-8,11-12H2,1H3,(H,22,24)(H,23,25)/t13-/m1/s1. The van der Waals surface area contributed by atoms with E-state index in [0.29, 0.717) is 18.0 Å². The van der Waals surface area contributed by atoms with Crippen LogP contribution in [0.25, 0.3) is 0 Å². The van der Waals surface area contributed by atoms with Crippen molar-refractivity contribution in [3.8, 4) is 0 Å². The number of carbonyl (C=O) groups excluding carboxylic acids is 2. The highest BCUT2D eigenvalue weighted by molar-refractivity contribution is 9.10. The molecule has 1 aliphatic heterocycles. The van der Waals surface area contributed by atoms with E-state index in [4.69, 9.17) is 0 Å². The summed E-state index contributed by atoms with van der Waals surface area (Å²) in [5.41, 5.74) is 1.42. The van der Waals surface area contributed by atoms with Crippen molar-refractivity contribution >= 4 is 55.0 Å². The molecule has 2 amide bonds. The number of rotatable bonds is 6. The van der Waals surface area contributed by atoms with Crippen molar-refractivity contribution in [1.29, 1.82) is 0 Å². The van der Waals surface area contributed by atoms with Crippen LogP contribution in [0.2, 0.25) is 0 Å². The number of hydrogen-bond acceptors (Lipinski definition) is 5. The molecule has 29 heavy (non-hydrogen) atoms. The largest absolute Gasteiger partial charge is 0.352 e. The highest BCUT2D eigenvalue weighted by Gasteiger charge is 2.23. The summed E-state index contributed by atoms with van der Waals surface area (Å²) in [5.74, 6) is -0.267. The van der Waals surface area contributed by atoms with E-state index in [2.05, 4.69) is 26.6 Å². The van der Waals surface area contributed by atoms with Crippen LogP contribution in [0.1, 0.15) is 18.9 Å². The number of amides is 2. The van der Waals surface area contributed by atoms with Gasteiger partial charge in [0.05, 0.1) is 16.3 Å². The van der Waals surface area contributed by atoms with Gasteiger partial charge in [-0.15, -0.1) is 11.8 Å². The van der Waals surface area contributed by atoms with Crippen molar-refractivity contribution in [3.05, 3.63) is 52.5 Å². The van der Waals surface area contributed by atoms with E-state index in [-0.39, 0.29) is 34.8 Å². The normalized spacial score (nSPS) is 16.5. The van der Waals surface area contributed by atoms with Gasteiger partial charge in [-0.25, -0.2) is 8.42 Å². The maximum atomic E-state index is 12.7. The van der Waals surface area contributed by atoms with Gasteiger partial charge in [0.2, 0.25) is 11.8 Å². The number of carbonyl (C=O) groups is 2. The highest BCUT2D eigenvalue weighted by Crippen LogP contribution is 2.34. The SMILES string of the molecule is C[C@@H]1CSc2ccc(S(=O)(=O)CCC(=O)NCc3cccc(Br)c3)cc2NC1=O. The zero-order valence-electron chi connectivity index (χ0n) is 15.8. The summed E-state index contributed by atoms with van der Waals surface area (Å²) in [4.78, 5) is 25.1. The smallest absolute Gasteiger partial charge is 0.228 e. The summed E-state index contributed by atoms with van der Waals surface area (Å²) in [6.07, 6.45) is -0.133. The van der Waals surface area contributed by atoms with Crippen molar-refractivity contribution < 1.29 is 18.0 Å². The van der Waals surface area contributed by atoms with Crippen LogP contribution in [0.4, 0.5) is 5.69 Å². The van der Waals surface area contributed by atoms with E-state index in [0.717, 1.165) is 14.9 Å². The lowest BCUT2D eigenvalue weighted by molar-refractivity contribution is -0.121. The third-order valence-electron chi connectivity index (χ3n) is 4.48. The van der Waals surface area contributed by atoms with Crippen LogP contribution in [0.5, 0.6) is 0 Å². The third kappa shape index (κ3) is 5.83. The minimum absolute atomic E-state index is 0.103. The second-order valence-electron chi connectivity index (χ2n) is 6.83. The first-order valence-electron chi connectivity index (χ1n) is 9.06. The van der Waals surface area contributed by atoms with Gasteiger partial charge in [-0.1, -0.05) is 35.0 Å². The van der Waals surface area contributed by atoms with Gasteiger partial charge in [0.25, 0.3) is 0 Å². The summed E-state index contributed by atoms with van der Waals surface area (Å²) in [6.45, 7) is 2.16. The predicted octanol–water partition coefficient (Wildman–Crippen LogP) is 3.61. The first kappa shape index (κ1) is 21.9. The van der Waals surface area contributed by atoms with Crippen molar-refractivity contribution in [2.45, 2.75) is 29.7 Å². The van der Waals surface area contributed by atoms with Gasteiger partial charge >= 0.3 is 0 Å². The second-order valence-corrected chi connectivity index (χ2v) is 10.9. The molecule has 2 N–H and O–H groups in total. The summed E-state index contributed by atoms with van der Waals surface area (Å²) < 4.78 is 26.2. The fourth-order valence-electron chi connectivity index (χ4n) is 2.75. The van der Waals surface area contributed by atoms with Gasteiger partial charge in [-0.3, -0.25) is 9.59 Å². The van der Waals surface area contributed by atoms with E-state index in [9.17, 15) is 18.0 Å². The molecule has 0 saturated carbocycles. The van der Waals surface area contributed by atoms with Crippen LogP contribution >= 0.6 is 27.7 Å². The van der Waals surface area contributed by atoms with Crippen molar-refractivity contribution in [2.75, 3.05) is 16.8 Å². The molecule has 0 bridgehead atoms. The molecule has 0 fully saturated rings. The average Bonchev–Trinajstić information content (AvgIpc) is 2.83. The first-order chi connectivity index (χ1) is 13.7. The molecule has 9 heteroatoms. The Labute approximate surface area is 182 Å². The van der Waals surface area contributed by atoms with Crippen LogP contribution in [0, 0.1) is 5.92 Å². The molecular formula is C20H21BrN2O4S2.